The highest BCUT2D eigenvalue weighted by molar-refractivity contribution is 5.99. The van der Waals surface area contributed by atoms with Crippen LogP contribution >= 0.6 is 0 Å². The van der Waals surface area contributed by atoms with Gasteiger partial charge in [0, 0.05) is 11.6 Å². The second kappa shape index (κ2) is 6.00. The molecule has 0 saturated carbocycles. The summed E-state index contributed by atoms with van der Waals surface area (Å²) in [5.41, 5.74) is -0.346. The number of hydrogen-bond donors (Lipinski definition) is 0. The number of nitrogens with zero attached hydrogens (tertiary/aromatic N) is 1. The molecule has 0 atom stereocenters. The highest BCUT2D eigenvalue weighted by atomic mass is 16.5. The standard InChI is InChI=1S/C12H23NO4/c1-8(2)13(12(3,4)5)9(10(14)16-6)11(15)17-7/h8-9H,1-7H3. The van der Waals surface area contributed by atoms with Crippen LogP contribution in [0.5, 0.6) is 0 Å². The zero-order valence-electron chi connectivity index (χ0n) is 11.7. The summed E-state index contributed by atoms with van der Waals surface area (Å²) >= 11 is 0. The number of carbonyl (C=O) groups is 2. The molecular weight excluding hydrogens is 222 g/mol. The van der Waals surface area contributed by atoms with Gasteiger partial charge in [-0.2, -0.15) is 0 Å². The molecule has 100 valence electrons. The molecule has 0 aliphatic heterocycles. The third kappa shape index (κ3) is 4.00. The zero-order valence-corrected chi connectivity index (χ0v) is 11.7. The van der Waals surface area contributed by atoms with Crippen molar-refractivity contribution in [2.75, 3.05) is 14.2 Å². The predicted molar refractivity (Wildman–Crippen MR) is 64.5 cm³/mol. The van der Waals surface area contributed by atoms with Crippen LogP contribution in [0.3, 0.4) is 0 Å². The topological polar surface area (TPSA) is 55.8 Å². The monoisotopic (exact) mass is 245 g/mol. The van der Waals surface area contributed by atoms with Crippen LogP contribution in [0.1, 0.15) is 34.6 Å². The van der Waals surface area contributed by atoms with Gasteiger partial charge in [-0.1, -0.05) is 0 Å². The molecule has 5 heteroatoms. The molecule has 0 amide bonds. The summed E-state index contributed by atoms with van der Waals surface area (Å²) in [4.78, 5) is 25.3. The Morgan fingerprint density at radius 3 is 1.53 bits per heavy atom. The minimum atomic E-state index is -1.02. The quantitative estimate of drug-likeness (QED) is 0.550. The molecule has 0 fully saturated rings. The first kappa shape index (κ1) is 15.9. The van der Waals surface area contributed by atoms with Gasteiger partial charge >= 0.3 is 11.9 Å². The molecule has 0 heterocycles. The van der Waals surface area contributed by atoms with E-state index in [-0.39, 0.29) is 11.6 Å². The van der Waals surface area contributed by atoms with E-state index in [1.807, 2.05) is 34.6 Å². The fourth-order valence-electron chi connectivity index (χ4n) is 2.01. The number of carbonyl (C=O) groups excluding carboxylic acids is 2. The second-order valence-corrected chi connectivity index (χ2v) is 5.12. The van der Waals surface area contributed by atoms with Crippen molar-refractivity contribution in [3.63, 3.8) is 0 Å². The summed E-state index contributed by atoms with van der Waals surface area (Å²) in [6, 6.07) is -1.01. The molecule has 0 aromatic rings. The Morgan fingerprint density at radius 1 is 1.00 bits per heavy atom. The molecule has 5 nitrogen and oxygen atoms in total. The maximum absolute atomic E-state index is 11.7. The van der Waals surface area contributed by atoms with Gasteiger partial charge in [0.2, 0.25) is 6.04 Å². The fourth-order valence-corrected chi connectivity index (χ4v) is 2.01. The van der Waals surface area contributed by atoms with Gasteiger partial charge in [0.1, 0.15) is 0 Å². The number of ether oxygens (including phenoxy) is 2. The third-order valence-corrected chi connectivity index (χ3v) is 2.46. The number of hydrogen-bond acceptors (Lipinski definition) is 5. The van der Waals surface area contributed by atoms with Crippen LogP contribution < -0.4 is 0 Å². The Kier molecular flexibility index (Phi) is 5.61. The SMILES string of the molecule is COC(=O)C(C(=O)OC)N(C(C)C)C(C)(C)C. The van der Waals surface area contributed by atoms with Crippen LogP contribution in [-0.4, -0.2) is 48.7 Å². The molecule has 0 aromatic heterocycles. The van der Waals surface area contributed by atoms with Crippen LogP contribution in [-0.2, 0) is 19.1 Å². The Balaban J connectivity index is 5.38. The minimum Gasteiger partial charge on any atom is -0.467 e. The van der Waals surface area contributed by atoms with Crippen LogP contribution in [0.25, 0.3) is 0 Å². The number of rotatable bonds is 4. The molecule has 0 aliphatic carbocycles. The van der Waals surface area contributed by atoms with E-state index < -0.39 is 18.0 Å². The van der Waals surface area contributed by atoms with E-state index in [2.05, 4.69) is 9.47 Å². The van der Waals surface area contributed by atoms with Gasteiger partial charge in [-0.05, 0) is 34.6 Å². The lowest BCUT2D eigenvalue weighted by Crippen LogP contribution is -2.58. The molecule has 0 aromatic carbocycles. The van der Waals surface area contributed by atoms with Gasteiger partial charge < -0.3 is 9.47 Å². The lowest BCUT2D eigenvalue weighted by Gasteiger charge is -2.41. The smallest absolute Gasteiger partial charge is 0.334 e. The molecule has 0 aliphatic rings. The van der Waals surface area contributed by atoms with Crippen molar-refractivity contribution in [1.82, 2.24) is 4.90 Å². The Bertz CT molecular complexity index is 265. The van der Waals surface area contributed by atoms with Crippen LogP contribution in [0, 0.1) is 0 Å². The molecule has 0 radical (unpaired) electrons. The van der Waals surface area contributed by atoms with E-state index in [0.717, 1.165) is 0 Å². The second-order valence-electron chi connectivity index (χ2n) is 5.12. The minimum absolute atomic E-state index is 0.0122. The molecule has 0 bridgehead atoms. The predicted octanol–water partition coefficient (Wildman–Crippen LogP) is 1.21. The average molecular weight is 245 g/mol. The molecule has 17 heavy (non-hydrogen) atoms. The maximum atomic E-state index is 11.7. The van der Waals surface area contributed by atoms with Gasteiger partial charge in [-0.25, -0.2) is 9.59 Å². The molecule has 0 saturated heterocycles. The van der Waals surface area contributed by atoms with Crippen molar-refractivity contribution in [3.05, 3.63) is 0 Å². The van der Waals surface area contributed by atoms with Crippen LogP contribution in [0.15, 0.2) is 0 Å². The summed E-state index contributed by atoms with van der Waals surface area (Å²) in [6.45, 7) is 9.65. The molecule has 0 N–H and O–H groups in total. The summed E-state index contributed by atoms with van der Waals surface area (Å²) in [5, 5.41) is 0. The molecule has 0 rings (SSSR count). The summed E-state index contributed by atoms with van der Waals surface area (Å²) in [7, 11) is 2.53. The van der Waals surface area contributed by atoms with E-state index in [4.69, 9.17) is 0 Å². The Morgan fingerprint density at radius 2 is 1.35 bits per heavy atom. The van der Waals surface area contributed by atoms with Gasteiger partial charge in [0.15, 0.2) is 0 Å². The lowest BCUT2D eigenvalue weighted by molar-refractivity contribution is -0.165. The molecular formula is C12H23NO4. The first-order valence-corrected chi connectivity index (χ1v) is 5.61. The van der Waals surface area contributed by atoms with Crippen LogP contribution in [0.2, 0.25) is 0 Å². The average Bonchev–Trinajstić information content (AvgIpc) is 2.21. The largest absolute Gasteiger partial charge is 0.467 e. The lowest BCUT2D eigenvalue weighted by atomic mass is 10.00. The number of methoxy groups -OCH3 is 2. The van der Waals surface area contributed by atoms with E-state index >= 15 is 0 Å². The van der Waals surface area contributed by atoms with Crippen molar-refractivity contribution in [2.24, 2.45) is 0 Å². The van der Waals surface area contributed by atoms with E-state index in [9.17, 15) is 9.59 Å². The third-order valence-electron chi connectivity index (χ3n) is 2.46. The van der Waals surface area contributed by atoms with E-state index in [0.29, 0.717) is 0 Å². The van der Waals surface area contributed by atoms with E-state index in [1.54, 1.807) is 4.90 Å². The maximum Gasteiger partial charge on any atom is 0.334 e. The highest BCUT2D eigenvalue weighted by Gasteiger charge is 2.41. The van der Waals surface area contributed by atoms with Gasteiger partial charge in [0.05, 0.1) is 14.2 Å². The summed E-state index contributed by atoms with van der Waals surface area (Å²) < 4.78 is 9.36. The van der Waals surface area contributed by atoms with Crippen molar-refractivity contribution in [3.8, 4) is 0 Å². The molecule has 0 unspecified atom stereocenters. The first-order valence-electron chi connectivity index (χ1n) is 5.61. The highest BCUT2D eigenvalue weighted by Crippen LogP contribution is 2.22. The normalized spacial score (nSPS) is 12.1. The fraction of sp³-hybridized carbons (Fsp3) is 0.833. The van der Waals surface area contributed by atoms with Crippen molar-refractivity contribution < 1.29 is 19.1 Å². The zero-order chi connectivity index (χ0) is 13.8. The van der Waals surface area contributed by atoms with E-state index in [1.165, 1.54) is 14.2 Å². The summed E-state index contributed by atoms with van der Waals surface area (Å²) in [5.74, 6) is -1.19. The number of esters is 2. The van der Waals surface area contributed by atoms with Crippen LogP contribution in [0.4, 0.5) is 0 Å². The van der Waals surface area contributed by atoms with Gasteiger partial charge in [0.25, 0.3) is 0 Å². The van der Waals surface area contributed by atoms with Crippen molar-refractivity contribution in [1.29, 1.82) is 0 Å². The van der Waals surface area contributed by atoms with Crippen molar-refractivity contribution in [2.45, 2.75) is 52.2 Å². The summed E-state index contributed by atoms with van der Waals surface area (Å²) in [6.07, 6.45) is 0. The van der Waals surface area contributed by atoms with Crippen molar-refractivity contribution >= 4 is 11.9 Å². The molecule has 0 spiro atoms. The van der Waals surface area contributed by atoms with Gasteiger partial charge in [-0.15, -0.1) is 0 Å². The first-order chi connectivity index (χ1) is 7.66. The Labute approximate surface area is 103 Å². The Hall–Kier alpha value is -1.10. The van der Waals surface area contributed by atoms with Gasteiger partial charge in [-0.3, -0.25) is 4.90 Å².